The molecule has 2 heterocycles. The minimum absolute atomic E-state index is 0.287. The minimum Gasteiger partial charge on any atom is -0.461 e. The molecule has 8 nitrogen and oxygen atoms in total. The highest BCUT2D eigenvalue weighted by molar-refractivity contribution is 7.13. The Balaban J connectivity index is 1.73. The highest BCUT2D eigenvalue weighted by Gasteiger charge is 2.15. The largest absolute Gasteiger partial charge is 0.461 e. The molecule has 0 aliphatic carbocycles. The predicted octanol–water partition coefficient (Wildman–Crippen LogP) is 2.31. The zero-order valence-corrected chi connectivity index (χ0v) is 15.1. The topological polar surface area (TPSA) is 104 Å². The molecule has 10 heteroatoms. The lowest BCUT2D eigenvalue weighted by atomic mass is 10.2. The summed E-state index contributed by atoms with van der Waals surface area (Å²) in [4.78, 5) is 23.0. The Labute approximate surface area is 147 Å². The third kappa shape index (κ3) is 5.31. The maximum atomic E-state index is 11.5. The molecule has 0 saturated carbocycles. The van der Waals surface area contributed by atoms with Crippen molar-refractivity contribution in [2.24, 2.45) is 0 Å². The molecule has 0 fully saturated rings. The SMILES string of the molecule is CCOC(=O)c1nnc(CCCCc2nnc(C(=O)OCC)s2)s1. The average molecular weight is 370 g/mol. The first-order valence-corrected chi connectivity index (χ1v) is 9.26. The fraction of sp³-hybridized carbons (Fsp3) is 0.571. The molecule has 0 amide bonds. The molecular weight excluding hydrogens is 352 g/mol. The number of aryl methyl sites for hydroxylation is 2. The van der Waals surface area contributed by atoms with Gasteiger partial charge in [0.15, 0.2) is 0 Å². The summed E-state index contributed by atoms with van der Waals surface area (Å²) < 4.78 is 9.76. The van der Waals surface area contributed by atoms with Gasteiger partial charge in [0.05, 0.1) is 13.2 Å². The standard InChI is InChI=1S/C14H18N4O4S2/c1-3-21-13(19)11-17-15-9(23-11)7-5-6-8-10-16-18-12(24-10)14(20)22-4-2/h3-8H2,1-2H3. The summed E-state index contributed by atoms with van der Waals surface area (Å²) in [5.41, 5.74) is 0. The second-order valence-corrected chi connectivity index (χ2v) is 6.77. The quantitative estimate of drug-likeness (QED) is 0.489. The summed E-state index contributed by atoms with van der Waals surface area (Å²) >= 11 is 2.51. The zero-order valence-electron chi connectivity index (χ0n) is 13.5. The van der Waals surface area contributed by atoms with Crippen molar-refractivity contribution in [2.75, 3.05) is 13.2 Å². The third-order valence-corrected chi connectivity index (χ3v) is 4.79. The second kappa shape index (κ2) is 9.38. The highest BCUT2D eigenvalue weighted by Crippen LogP contribution is 2.17. The number of ether oxygens (including phenoxy) is 2. The number of esters is 2. The number of nitrogens with zero attached hydrogens (tertiary/aromatic N) is 4. The van der Waals surface area contributed by atoms with E-state index in [0.717, 1.165) is 35.7 Å². The molecule has 0 unspecified atom stereocenters. The fourth-order valence-electron chi connectivity index (χ4n) is 1.81. The molecule has 2 rings (SSSR count). The molecule has 0 aliphatic heterocycles. The van der Waals surface area contributed by atoms with Crippen molar-refractivity contribution in [2.45, 2.75) is 39.5 Å². The van der Waals surface area contributed by atoms with Crippen LogP contribution < -0.4 is 0 Å². The number of carbonyl (C=O) groups excluding carboxylic acids is 2. The van der Waals surface area contributed by atoms with Crippen LogP contribution in [0.25, 0.3) is 0 Å². The molecule has 0 bridgehead atoms. The molecule has 0 aliphatic rings. The van der Waals surface area contributed by atoms with E-state index in [0.29, 0.717) is 13.2 Å². The first-order chi connectivity index (χ1) is 11.6. The van der Waals surface area contributed by atoms with E-state index in [-0.39, 0.29) is 10.0 Å². The summed E-state index contributed by atoms with van der Waals surface area (Å²) in [5, 5.41) is 17.8. The van der Waals surface area contributed by atoms with Gasteiger partial charge in [-0.05, 0) is 26.7 Å². The lowest BCUT2D eigenvalue weighted by Gasteiger charge is -1.96. The Bertz CT molecular complexity index is 628. The average Bonchev–Trinajstić information content (AvgIpc) is 3.22. The van der Waals surface area contributed by atoms with Crippen LogP contribution in [0.4, 0.5) is 0 Å². The summed E-state index contributed by atoms with van der Waals surface area (Å²) in [5.74, 6) is -0.858. The van der Waals surface area contributed by atoms with Crippen molar-refractivity contribution in [1.82, 2.24) is 20.4 Å². The Kier molecular flexibility index (Phi) is 7.19. The van der Waals surface area contributed by atoms with Crippen molar-refractivity contribution in [3.8, 4) is 0 Å². The van der Waals surface area contributed by atoms with Gasteiger partial charge in [-0.3, -0.25) is 0 Å². The van der Waals surface area contributed by atoms with Crippen LogP contribution in [-0.4, -0.2) is 45.5 Å². The van der Waals surface area contributed by atoms with Crippen LogP contribution in [0.5, 0.6) is 0 Å². The van der Waals surface area contributed by atoms with Crippen LogP contribution in [-0.2, 0) is 22.3 Å². The van der Waals surface area contributed by atoms with Gasteiger partial charge in [0.2, 0.25) is 10.0 Å². The highest BCUT2D eigenvalue weighted by atomic mass is 32.1. The van der Waals surface area contributed by atoms with E-state index in [1.54, 1.807) is 13.8 Å². The lowest BCUT2D eigenvalue weighted by molar-refractivity contribution is 0.0515. The number of hydrogen-bond donors (Lipinski definition) is 0. The van der Waals surface area contributed by atoms with Gasteiger partial charge in [-0.25, -0.2) is 9.59 Å². The van der Waals surface area contributed by atoms with Gasteiger partial charge in [-0.15, -0.1) is 20.4 Å². The molecule has 2 aromatic heterocycles. The molecular formula is C14H18N4O4S2. The second-order valence-electron chi connectivity index (χ2n) is 4.65. The normalized spacial score (nSPS) is 10.6. The summed E-state index contributed by atoms with van der Waals surface area (Å²) in [6.07, 6.45) is 3.23. The Morgan fingerprint density at radius 1 is 0.792 bits per heavy atom. The van der Waals surface area contributed by atoms with Crippen molar-refractivity contribution in [3.63, 3.8) is 0 Å². The number of carbonyl (C=O) groups is 2. The van der Waals surface area contributed by atoms with Crippen LogP contribution in [0.15, 0.2) is 0 Å². The smallest absolute Gasteiger partial charge is 0.369 e. The summed E-state index contributed by atoms with van der Waals surface area (Å²) in [6.45, 7) is 4.15. The zero-order chi connectivity index (χ0) is 17.4. The molecule has 130 valence electrons. The minimum atomic E-state index is -0.429. The Hall–Kier alpha value is -1.94. The van der Waals surface area contributed by atoms with Gasteiger partial charge >= 0.3 is 11.9 Å². The van der Waals surface area contributed by atoms with Gasteiger partial charge in [-0.1, -0.05) is 22.7 Å². The van der Waals surface area contributed by atoms with Gasteiger partial charge < -0.3 is 9.47 Å². The van der Waals surface area contributed by atoms with Crippen molar-refractivity contribution < 1.29 is 19.1 Å². The van der Waals surface area contributed by atoms with Gasteiger partial charge in [0, 0.05) is 12.8 Å². The Morgan fingerprint density at radius 2 is 1.21 bits per heavy atom. The lowest BCUT2D eigenvalue weighted by Crippen LogP contribution is -2.03. The molecule has 0 aromatic carbocycles. The first kappa shape index (κ1) is 18.4. The maximum absolute atomic E-state index is 11.5. The first-order valence-electron chi connectivity index (χ1n) is 7.63. The molecule has 0 spiro atoms. The van der Waals surface area contributed by atoms with Crippen molar-refractivity contribution in [3.05, 3.63) is 20.0 Å². The van der Waals surface area contributed by atoms with Crippen LogP contribution in [0.1, 0.15) is 56.3 Å². The molecule has 0 radical (unpaired) electrons. The monoisotopic (exact) mass is 370 g/mol. The van der Waals surface area contributed by atoms with Gasteiger partial charge in [-0.2, -0.15) is 0 Å². The van der Waals surface area contributed by atoms with E-state index in [1.807, 2.05) is 0 Å². The summed E-state index contributed by atoms with van der Waals surface area (Å²) in [7, 11) is 0. The van der Waals surface area contributed by atoms with Crippen LogP contribution in [0, 0.1) is 0 Å². The maximum Gasteiger partial charge on any atom is 0.369 e. The molecule has 0 saturated heterocycles. The van der Waals surface area contributed by atoms with Crippen LogP contribution >= 0.6 is 22.7 Å². The van der Waals surface area contributed by atoms with Gasteiger partial charge in [0.25, 0.3) is 0 Å². The number of unbranched alkanes of at least 4 members (excludes halogenated alkanes) is 1. The number of rotatable bonds is 9. The predicted molar refractivity (Wildman–Crippen MR) is 88.4 cm³/mol. The van der Waals surface area contributed by atoms with Gasteiger partial charge in [0.1, 0.15) is 10.0 Å². The third-order valence-electron chi connectivity index (χ3n) is 2.87. The number of hydrogen-bond acceptors (Lipinski definition) is 10. The molecule has 0 N–H and O–H groups in total. The number of aromatic nitrogens is 4. The molecule has 2 aromatic rings. The van der Waals surface area contributed by atoms with E-state index in [2.05, 4.69) is 20.4 Å². The van der Waals surface area contributed by atoms with Crippen molar-refractivity contribution >= 4 is 34.6 Å². The van der Waals surface area contributed by atoms with E-state index in [4.69, 9.17) is 9.47 Å². The van der Waals surface area contributed by atoms with E-state index < -0.39 is 11.9 Å². The molecule has 24 heavy (non-hydrogen) atoms. The molecule has 0 atom stereocenters. The van der Waals surface area contributed by atoms with E-state index in [1.165, 1.54) is 22.7 Å². The summed E-state index contributed by atoms with van der Waals surface area (Å²) in [6, 6.07) is 0. The van der Waals surface area contributed by atoms with Crippen LogP contribution in [0.3, 0.4) is 0 Å². The van der Waals surface area contributed by atoms with Crippen molar-refractivity contribution in [1.29, 1.82) is 0 Å². The Morgan fingerprint density at radius 3 is 1.58 bits per heavy atom. The van der Waals surface area contributed by atoms with Crippen LogP contribution in [0.2, 0.25) is 0 Å². The van der Waals surface area contributed by atoms with E-state index >= 15 is 0 Å². The fourth-order valence-corrected chi connectivity index (χ4v) is 3.36. The van der Waals surface area contributed by atoms with E-state index in [9.17, 15) is 9.59 Å².